The van der Waals surface area contributed by atoms with E-state index in [0.717, 1.165) is 15.4 Å². The number of hydrogen-bond donors (Lipinski definition) is 4. The number of likely N-dealkylation sites (N-methyl/N-ethyl adjacent to an activating group) is 7. The Morgan fingerprint density at radius 1 is 0.495 bits per heavy atom. The van der Waals surface area contributed by atoms with E-state index < -0.39 is 155 Å². The van der Waals surface area contributed by atoms with Gasteiger partial charge in [0, 0.05) is 54.2 Å². The van der Waals surface area contributed by atoms with Crippen LogP contribution in [-0.2, 0) is 57.5 Å². The summed E-state index contributed by atoms with van der Waals surface area (Å²) in [5.41, 5.74) is 0.473. The van der Waals surface area contributed by atoms with Gasteiger partial charge in [-0.3, -0.25) is 52.7 Å². The normalized spacial score (nSPS) is 27.3. The molecule has 0 bridgehead atoms. The summed E-state index contributed by atoms with van der Waals surface area (Å²) in [6, 6.07) is 5.34. The highest BCUT2D eigenvalue weighted by molar-refractivity contribution is 7.99. The highest BCUT2D eigenvalue weighted by atomic mass is 32.2. The third kappa shape index (κ3) is 22.9. The summed E-state index contributed by atoms with van der Waals surface area (Å²) in [6.45, 7) is 30.0. The van der Waals surface area contributed by atoms with Crippen molar-refractivity contribution in [2.75, 3.05) is 55.9 Å². The van der Waals surface area contributed by atoms with E-state index in [9.17, 15) is 33.6 Å². The van der Waals surface area contributed by atoms with Crippen LogP contribution in [0.5, 0.6) is 5.75 Å². The molecule has 2 heterocycles. The Kier molecular flexibility index (Phi) is 32.3. The SMILES string of the molecule is CC[C@@H]1NC(=O)[C@H]([C@@H]2O[C@@H](Sc3cccc(OC(C)c4ccccc4)c3)C[C@H]2C)N(C)C(=O)[C@H](C(C)C)N(C)C(=O)[C@H](CC(C)C)N(C)C(=O)[C@H](CC(C)C)N(C)C(=O)[C@@H](C)NC(=O)[C@H](C)NC(=O)[C@H](CC(C)C)N(C)C(=O)[C@H](C(C)C)NC(=O)[C@H](CC(C)C)N(C)C(=O)CN(C)C1=O. The Hall–Kier alpha value is -7.28. The Morgan fingerprint density at radius 2 is 0.990 bits per heavy atom. The number of nitrogens with zero attached hydrogens (tertiary/aromatic N) is 7. The van der Waals surface area contributed by atoms with Gasteiger partial charge in [-0.1, -0.05) is 145 Å². The molecule has 1 unspecified atom stereocenters. The van der Waals surface area contributed by atoms with Gasteiger partial charge >= 0.3 is 0 Å². The molecule has 24 nitrogen and oxygen atoms in total. The molecule has 2 aliphatic heterocycles. The van der Waals surface area contributed by atoms with E-state index >= 15 is 19.2 Å². The molecule has 0 saturated carbocycles. The molecule has 2 aromatic rings. The van der Waals surface area contributed by atoms with Gasteiger partial charge in [0.15, 0.2) is 0 Å². The van der Waals surface area contributed by atoms with Gasteiger partial charge in [0.25, 0.3) is 0 Å². The topological polar surface area (TPSA) is 277 Å². The highest BCUT2D eigenvalue weighted by Gasteiger charge is 2.49. The zero-order valence-electron chi connectivity index (χ0n) is 63.5. The molecule has 2 aliphatic rings. The van der Waals surface area contributed by atoms with Crippen molar-refractivity contribution < 1.29 is 62.2 Å². The largest absolute Gasteiger partial charge is 0.486 e. The Bertz CT molecular complexity index is 3090. The number of carbonyl (C=O) groups is 11. The molecule has 0 aromatic heterocycles. The minimum atomic E-state index is -1.41. The van der Waals surface area contributed by atoms with Crippen LogP contribution < -0.4 is 26.0 Å². The summed E-state index contributed by atoms with van der Waals surface area (Å²) in [5, 5.41) is 11.2. The smallest absolute Gasteiger partial charge is 0.246 e. The minimum Gasteiger partial charge on any atom is -0.486 e. The molecule has 554 valence electrons. The first-order valence-electron chi connectivity index (χ1n) is 35.3. The lowest BCUT2D eigenvalue weighted by molar-refractivity contribution is -0.157. The van der Waals surface area contributed by atoms with Crippen LogP contribution in [0.2, 0.25) is 0 Å². The molecule has 99 heavy (non-hydrogen) atoms. The molecule has 11 amide bonds. The van der Waals surface area contributed by atoms with E-state index in [4.69, 9.17) is 9.47 Å². The third-order valence-corrected chi connectivity index (χ3v) is 19.9. The van der Waals surface area contributed by atoms with Crippen molar-refractivity contribution in [2.45, 2.75) is 239 Å². The summed E-state index contributed by atoms with van der Waals surface area (Å²) < 4.78 is 13.2. The van der Waals surface area contributed by atoms with Crippen LogP contribution in [0.25, 0.3) is 0 Å². The van der Waals surface area contributed by atoms with Gasteiger partial charge in [0.05, 0.1) is 12.6 Å². The van der Waals surface area contributed by atoms with Crippen molar-refractivity contribution in [3.8, 4) is 5.75 Å². The Morgan fingerprint density at radius 3 is 1.52 bits per heavy atom. The van der Waals surface area contributed by atoms with Gasteiger partial charge in [-0.05, 0) is 124 Å². The molecule has 2 saturated heterocycles. The summed E-state index contributed by atoms with van der Waals surface area (Å²) in [7, 11) is 10.2. The average Bonchev–Trinajstić information content (AvgIpc) is 1.78. The van der Waals surface area contributed by atoms with E-state index in [1.807, 2.05) is 124 Å². The maximum Gasteiger partial charge on any atom is 0.246 e. The van der Waals surface area contributed by atoms with Crippen LogP contribution in [-0.4, -0.2) is 227 Å². The summed E-state index contributed by atoms with van der Waals surface area (Å²) in [4.78, 5) is 173. The lowest BCUT2D eigenvalue weighted by Gasteiger charge is -2.41. The number of rotatable bonds is 17. The molecular formula is C74H119N11O13S. The third-order valence-electron chi connectivity index (χ3n) is 18.8. The van der Waals surface area contributed by atoms with Crippen LogP contribution in [0.1, 0.15) is 168 Å². The standard InChI is InChI=1S/C74H119N11O13S/c1-25-54-70(92)79(18)40-59(86)80(19)55(34-41(2)3)67(89)78-61(45(10)11)73(95)81(20)56(35-42(4)5)66(88)75-48(15)65(87)76-49(16)69(91)82(21)57(36-43(6)7)71(93)83(22)58(37-44(8)9)72(94)84(23)62(46(12)13)74(96)85(24)63(68(90)77-54)64-47(14)38-60(98-64)99-53-33-29-32-52(39-53)97-50(17)51-30-27-26-28-31-51/h26-33,39,41-50,54-58,60-64H,25,34-38,40H2,1-24H3,(H,75,88)(H,76,87)(H,77,90)(H,78,89)/t47-,48+,49-,50?,54+,55+,56+,57+,58+,60+,61+,62+,63+,64-/m1/s1. The molecular weight excluding hydrogens is 1280 g/mol. The highest BCUT2D eigenvalue weighted by Crippen LogP contribution is 2.40. The molecule has 0 spiro atoms. The first kappa shape index (κ1) is 84.1. The lowest BCUT2D eigenvalue weighted by Crippen LogP contribution is -2.63. The van der Waals surface area contributed by atoms with E-state index in [-0.39, 0.29) is 67.8 Å². The van der Waals surface area contributed by atoms with Gasteiger partial charge in [0.2, 0.25) is 65.0 Å². The molecule has 2 fully saturated rings. The molecule has 2 aromatic carbocycles. The van der Waals surface area contributed by atoms with Crippen molar-refractivity contribution in [1.29, 1.82) is 0 Å². The first-order chi connectivity index (χ1) is 46.1. The zero-order chi connectivity index (χ0) is 74.9. The maximum absolute atomic E-state index is 15.7. The van der Waals surface area contributed by atoms with Crippen LogP contribution in [0.3, 0.4) is 0 Å². The maximum atomic E-state index is 15.7. The molecule has 4 rings (SSSR count). The molecule has 4 N–H and O–H groups in total. The van der Waals surface area contributed by atoms with Crippen LogP contribution in [0, 0.1) is 41.4 Å². The number of nitrogens with one attached hydrogen (secondary N) is 4. The van der Waals surface area contributed by atoms with Crippen molar-refractivity contribution >= 4 is 76.7 Å². The molecule has 14 atom stereocenters. The van der Waals surface area contributed by atoms with Gasteiger partial charge in [-0.2, -0.15) is 0 Å². The summed E-state index contributed by atoms with van der Waals surface area (Å²) in [6.07, 6.45) is -0.106. The number of amides is 11. The van der Waals surface area contributed by atoms with Gasteiger partial charge < -0.3 is 65.0 Å². The monoisotopic (exact) mass is 1400 g/mol. The lowest BCUT2D eigenvalue weighted by atomic mass is 9.93. The zero-order valence-corrected chi connectivity index (χ0v) is 64.4. The number of benzene rings is 2. The Labute approximate surface area is 594 Å². The van der Waals surface area contributed by atoms with Crippen LogP contribution in [0.4, 0.5) is 0 Å². The minimum absolute atomic E-state index is 0.0473. The van der Waals surface area contributed by atoms with Crippen LogP contribution in [0.15, 0.2) is 59.5 Å². The predicted molar refractivity (Wildman–Crippen MR) is 384 cm³/mol. The van der Waals surface area contributed by atoms with E-state index in [1.54, 1.807) is 34.6 Å². The average molecular weight is 1400 g/mol. The van der Waals surface area contributed by atoms with E-state index in [2.05, 4.69) is 21.3 Å². The summed E-state index contributed by atoms with van der Waals surface area (Å²) >= 11 is 1.43. The second-order valence-electron chi connectivity index (χ2n) is 29.8. The molecule has 0 aliphatic carbocycles. The number of hydrogen-bond acceptors (Lipinski definition) is 14. The predicted octanol–water partition coefficient (Wildman–Crippen LogP) is 6.99. The van der Waals surface area contributed by atoms with Gasteiger partial charge in [-0.25, -0.2) is 0 Å². The van der Waals surface area contributed by atoms with Crippen molar-refractivity contribution in [3.05, 3.63) is 60.2 Å². The van der Waals surface area contributed by atoms with Gasteiger partial charge in [-0.15, -0.1) is 0 Å². The quantitative estimate of drug-likeness (QED) is 0.124. The van der Waals surface area contributed by atoms with Crippen molar-refractivity contribution in [2.24, 2.45) is 41.4 Å². The van der Waals surface area contributed by atoms with Crippen LogP contribution >= 0.6 is 11.8 Å². The van der Waals surface area contributed by atoms with E-state index in [0.29, 0.717) is 12.2 Å². The molecule has 25 heteroatoms. The second kappa shape index (κ2) is 37.9. The molecule has 0 radical (unpaired) electrons. The fourth-order valence-electron chi connectivity index (χ4n) is 12.9. The fourth-order valence-corrected chi connectivity index (χ4v) is 14.1. The van der Waals surface area contributed by atoms with Crippen molar-refractivity contribution in [1.82, 2.24) is 55.6 Å². The van der Waals surface area contributed by atoms with Crippen molar-refractivity contribution in [3.63, 3.8) is 0 Å². The number of thioether (sulfide) groups is 1. The summed E-state index contributed by atoms with van der Waals surface area (Å²) in [5.74, 6) is -8.51. The van der Waals surface area contributed by atoms with Gasteiger partial charge in [0.1, 0.15) is 77.7 Å². The Balaban J connectivity index is 1.90. The first-order valence-corrected chi connectivity index (χ1v) is 36.2. The number of carbonyl (C=O) groups excluding carboxylic acids is 11. The fraction of sp³-hybridized carbons (Fsp3) is 0.689. The number of ether oxygens (including phenoxy) is 2. The van der Waals surface area contributed by atoms with E-state index in [1.165, 1.54) is 104 Å². The second-order valence-corrected chi connectivity index (χ2v) is 31.1.